The third-order valence-electron chi connectivity index (χ3n) is 5.81. The fraction of sp³-hybridized carbons (Fsp3) is 0.571. The van der Waals surface area contributed by atoms with E-state index >= 15 is 0 Å². The lowest BCUT2D eigenvalue weighted by molar-refractivity contribution is -0.139. The van der Waals surface area contributed by atoms with Gasteiger partial charge < -0.3 is 19.7 Å². The van der Waals surface area contributed by atoms with Crippen LogP contribution in [0.5, 0.6) is 0 Å². The zero-order valence-corrected chi connectivity index (χ0v) is 21.8. The summed E-state index contributed by atoms with van der Waals surface area (Å²) in [5.41, 5.74) is 0.172. The van der Waals surface area contributed by atoms with Gasteiger partial charge in [0.05, 0.1) is 11.1 Å². The van der Waals surface area contributed by atoms with E-state index in [0.29, 0.717) is 25.7 Å². The van der Waals surface area contributed by atoms with Crippen molar-refractivity contribution in [3.63, 3.8) is 0 Å². The van der Waals surface area contributed by atoms with Crippen LogP contribution in [0.3, 0.4) is 0 Å². The Labute approximate surface area is 222 Å². The number of hydrogen-bond acceptors (Lipinski definition) is 8. The van der Waals surface area contributed by atoms with Gasteiger partial charge in [-0.05, 0) is 49.9 Å². The van der Waals surface area contributed by atoms with E-state index in [4.69, 9.17) is 19.7 Å². The molecule has 0 bridgehead atoms. The van der Waals surface area contributed by atoms with Crippen molar-refractivity contribution in [2.45, 2.75) is 103 Å². The largest absolute Gasteiger partial charge is 0.481 e. The standard InChI is InChI=1S/C28H38O10/c29-23(30)13-9-5-1-3-7-11-15-25(33)37-27(35)21-17-19-22(20-18-21)28(36)38-26(34)16-12-8-4-2-6-10-14-24(31)32/h17-20H,1-16H2,(H,29,30)(H,31,32). The Morgan fingerprint density at radius 1 is 0.447 bits per heavy atom. The van der Waals surface area contributed by atoms with E-state index in [-0.39, 0.29) is 36.8 Å². The zero-order valence-electron chi connectivity index (χ0n) is 21.8. The summed E-state index contributed by atoms with van der Waals surface area (Å²) in [6.07, 6.45) is 9.65. The molecular weight excluding hydrogens is 496 g/mol. The van der Waals surface area contributed by atoms with E-state index in [2.05, 4.69) is 0 Å². The molecular formula is C28H38O10. The van der Waals surface area contributed by atoms with Crippen LogP contribution in [0, 0.1) is 0 Å². The Bertz CT molecular complexity index is 845. The quantitative estimate of drug-likeness (QED) is 0.125. The third kappa shape index (κ3) is 16.2. The van der Waals surface area contributed by atoms with Gasteiger partial charge in [0.15, 0.2) is 0 Å². The summed E-state index contributed by atoms with van der Waals surface area (Å²) in [5, 5.41) is 17.2. The second kappa shape index (κ2) is 19.5. The molecule has 0 atom stereocenters. The fourth-order valence-corrected chi connectivity index (χ4v) is 3.67. The number of aliphatic carboxylic acids is 2. The first kappa shape index (κ1) is 32.5. The number of carboxylic acid groups (broad SMARTS) is 2. The van der Waals surface area contributed by atoms with E-state index < -0.39 is 35.8 Å². The summed E-state index contributed by atoms with van der Waals surface area (Å²) in [5.74, 6) is -4.55. The van der Waals surface area contributed by atoms with Gasteiger partial charge in [-0.2, -0.15) is 0 Å². The molecule has 0 aliphatic rings. The molecule has 1 aromatic rings. The Balaban J connectivity index is 2.22. The first-order chi connectivity index (χ1) is 18.2. The van der Waals surface area contributed by atoms with Gasteiger partial charge >= 0.3 is 35.8 Å². The molecule has 1 rings (SSSR count). The molecule has 0 aromatic heterocycles. The minimum Gasteiger partial charge on any atom is -0.481 e. The van der Waals surface area contributed by atoms with Gasteiger partial charge in [0.1, 0.15) is 0 Å². The summed E-state index contributed by atoms with van der Waals surface area (Å²) >= 11 is 0. The van der Waals surface area contributed by atoms with Gasteiger partial charge in [0, 0.05) is 25.7 Å². The van der Waals surface area contributed by atoms with Gasteiger partial charge in [-0.15, -0.1) is 0 Å². The van der Waals surface area contributed by atoms with Crippen molar-refractivity contribution >= 4 is 35.8 Å². The van der Waals surface area contributed by atoms with Crippen molar-refractivity contribution in [2.24, 2.45) is 0 Å². The molecule has 0 saturated heterocycles. The van der Waals surface area contributed by atoms with E-state index in [0.717, 1.165) is 51.4 Å². The van der Waals surface area contributed by atoms with Crippen LogP contribution in [0.15, 0.2) is 24.3 Å². The molecule has 0 amide bonds. The highest BCUT2D eigenvalue weighted by Gasteiger charge is 2.16. The third-order valence-corrected chi connectivity index (χ3v) is 5.81. The minimum absolute atomic E-state index is 0.0861. The predicted molar refractivity (Wildman–Crippen MR) is 136 cm³/mol. The van der Waals surface area contributed by atoms with Crippen molar-refractivity contribution in [1.29, 1.82) is 0 Å². The molecule has 2 N–H and O–H groups in total. The number of benzene rings is 1. The first-order valence-electron chi connectivity index (χ1n) is 13.2. The lowest BCUT2D eigenvalue weighted by Gasteiger charge is -2.06. The highest BCUT2D eigenvalue weighted by atomic mass is 16.6. The molecule has 38 heavy (non-hydrogen) atoms. The topological polar surface area (TPSA) is 161 Å². The SMILES string of the molecule is O=C(O)CCCCCCCCC(=O)OC(=O)c1ccc(C(=O)OC(=O)CCCCCCCCC(=O)O)cc1. The molecule has 0 fully saturated rings. The molecule has 210 valence electrons. The van der Waals surface area contributed by atoms with Crippen molar-refractivity contribution in [3.8, 4) is 0 Å². The predicted octanol–water partition coefficient (Wildman–Crippen LogP) is 5.46. The smallest absolute Gasteiger partial charge is 0.345 e. The van der Waals surface area contributed by atoms with Crippen LogP contribution >= 0.6 is 0 Å². The second-order valence-electron chi connectivity index (χ2n) is 9.13. The molecule has 0 aliphatic carbocycles. The van der Waals surface area contributed by atoms with Crippen LogP contribution in [0.4, 0.5) is 0 Å². The highest BCUT2D eigenvalue weighted by Crippen LogP contribution is 2.13. The summed E-state index contributed by atoms with van der Waals surface area (Å²) in [4.78, 5) is 69.0. The Morgan fingerprint density at radius 3 is 1.00 bits per heavy atom. The Hall–Kier alpha value is -3.56. The average molecular weight is 535 g/mol. The van der Waals surface area contributed by atoms with E-state index in [9.17, 15) is 28.8 Å². The van der Waals surface area contributed by atoms with Gasteiger partial charge in [0.25, 0.3) is 0 Å². The van der Waals surface area contributed by atoms with E-state index in [1.54, 1.807) is 0 Å². The number of carbonyl (C=O) groups excluding carboxylic acids is 4. The molecule has 0 aliphatic heterocycles. The second-order valence-corrected chi connectivity index (χ2v) is 9.13. The van der Waals surface area contributed by atoms with Crippen LogP contribution in [0.1, 0.15) is 123 Å². The van der Waals surface area contributed by atoms with Gasteiger partial charge in [0.2, 0.25) is 0 Å². The maximum atomic E-state index is 12.1. The maximum absolute atomic E-state index is 12.1. The normalized spacial score (nSPS) is 10.5. The maximum Gasteiger partial charge on any atom is 0.345 e. The van der Waals surface area contributed by atoms with Crippen molar-refractivity contribution < 1.29 is 48.5 Å². The fourth-order valence-electron chi connectivity index (χ4n) is 3.67. The summed E-state index contributed by atoms with van der Waals surface area (Å²) in [7, 11) is 0. The molecule has 0 radical (unpaired) electrons. The highest BCUT2D eigenvalue weighted by molar-refractivity contribution is 5.99. The number of unbranched alkanes of at least 4 members (excludes halogenated alkanes) is 10. The number of rotatable bonds is 20. The Morgan fingerprint density at radius 2 is 0.711 bits per heavy atom. The van der Waals surface area contributed by atoms with Gasteiger partial charge in [-0.1, -0.05) is 51.4 Å². The van der Waals surface area contributed by atoms with Gasteiger partial charge in [-0.3, -0.25) is 19.2 Å². The first-order valence-corrected chi connectivity index (χ1v) is 13.2. The molecule has 10 heteroatoms. The molecule has 0 heterocycles. The monoisotopic (exact) mass is 534 g/mol. The van der Waals surface area contributed by atoms with Crippen molar-refractivity contribution in [2.75, 3.05) is 0 Å². The van der Waals surface area contributed by atoms with Crippen molar-refractivity contribution in [1.82, 2.24) is 0 Å². The number of ether oxygens (including phenoxy) is 2. The van der Waals surface area contributed by atoms with Gasteiger partial charge in [-0.25, -0.2) is 9.59 Å². The summed E-state index contributed by atoms with van der Waals surface area (Å²) in [6.45, 7) is 0. The molecule has 0 unspecified atom stereocenters. The molecule has 10 nitrogen and oxygen atoms in total. The molecule has 0 saturated carbocycles. The molecule has 1 aromatic carbocycles. The lowest BCUT2D eigenvalue weighted by atomic mass is 10.1. The van der Waals surface area contributed by atoms with Crippen LogP contribution in [-0.4, -0.2) is 46.0 Å². The van der Waals surface area contributed by atoms with Crippen LogP contribution < -0.4 is 0 Å². The molecule has 0 spiro atoms. The lowest BCUT2D eigenvalue weighted by Crippen LogP contribution is -2.14. The van der Waals surface area contributed by atoms with Crippen LogP contribution in [0.25, 0.3) is 0 Å². The number of hydrogen-bond donors (Lipinski definition) is 2. The van der Waals surface area contributed by atoms with Crippen LogP contribution in [-0.2, 0) is 28.7 Å². The minimum atomic E-state index is -0.831. The number of esters is 4. The summed E-state index contributed by atoms with van der Waals surface area (Å²) < 4.78 is 9.66. The van der Waals surface area contributed by atoms with Crippen LogP contribution in [0.2, 0.25) is 0 Å². The number of carboxylic acids is 2. The Kier molecular flexibility index (Phi) is 16.7. The van der Waals surface area contributed by atoms with E-state index in [1.165, 1.54) is 24.3 Å². The number of carbonyl (C=O) groups is 6. The average Bonchev–Trinajstić information content (AvgIpc) is 2.86. The van der Waals surface area contributed by atoms with E-state index in [1.807, 2.05) is 0 Å². The van der Waals surface area contributed by atoms with Crippen molar-refractivity contribution in [3.05, 3.63) is 35.4 Å². The zero-order chi connectivity index (χ0) is 28.2. The summed E-state index contributed by atoms with van der Waals surface area (Å²) in [6, 6.07) is 5.27.